The van der Waals surface area contributed by atoms with Crippen LogP contribution in [-0.2, 0) is 6.54 Å². The van der Waals surface area contributed by atoms with Gasteiger partial charge >= 0.3 is 0 Å². The van der Waals surface area contributed by atoms with Crippen molar-refractivity contribution in [2.24, 2.45) is 4.99 Å². The molecule has 0 radical (unpaired) electrons. The van der Waals surface area contributed by atoms with E-state index >= 15 is 0 Å². The molecule has 98 valence electrons. The lowest BCUT2D eigenvalue weighted by Crippen LogP contribution is -2.35. The van der Waals surface area contributed by atoms with Gasteiger partial charge in [-0.3, -0.25) is 4.99 Å². The number of rotatable bonds is 3. The highest BCUT2D eigenvalue weighted by atomic mass is 16.5. The zero-order valence-corrected chi connectivity index (χ0v) is 10.8. The maximum Gasteiger partial charge on any atom is 0.194 e. The smallest absolute Gasteiger partial charge is 0.194 e. The summed E-state index contributed by atoms with van der Waals surface area (Å²) in [6, 6.07) is 11.9. The molecule has 2 aromatic rings. The lowest BCUT2D eigenvalue weighted by Gasteiger charge is -2.13. The lowest BCUT2D eigenvalue weighted by atomic mass is 10.2. The molecule has 5 heteroatoms. The Balaban J connectivity index is 1.66. The third-order valence-corrected chi connectivity index (χ3v) is 3.10. The molecule has 0 saturated heterocycles. The van der Waals surface area contributed by atoms with Gasteiger partial charge in [-0.15, -0.1) is 0 Å². The van der Waals surface area contributed by atoms with E-state index in [9.17, 15) is 0 Å². The van der Waals surface area contributed by atoms with Crippen molar-refractivity contribution in [3.8, 4) is 11.3 Å². The molecule has 0 bridgehead atoms. The molecule has 0 fully saturated rings. The first-order valence-electron chi connectivity index (χ1n) is 6.33. The minimum absolute atomic E-state index is 0.625. The molecule has 0 aliphatic carbocycles. The van der Waals surface area contributed by atoms with E-state index in [4.69, 9.17) is 4.52 Å². The van der Waals surface area contributed by atoms with Crippen LogP contribution in [0.1, 0.15) is 5.69 Å². The van der Waals surface area contributed by atoms with Crippen molar-refractivity contribution in [1.82, 2.24) is 15.4 Å². The third-order valence-electron chi connectivity index (χ3n) is 3.10. The van der Waals surface area contributed by atoms with E-state index in [0.29, 0.717) is 6.54 Å². The van der Waals surface area contributed by atoms with Crippen molar-refractivity contribution in [3.63, 3.8) is 0 Å². The van der Waals surface area contributed by atoms with Crippen LogP contribution in [-0.4, -0.2) is 36.2 Å². The molecule has 3 rings (SSSR count). The van der Waals surface area contributed by atoms with Gasteiger partial charge in [-0.05, 0) is 0 Å². The summed E-state index contributed by atoms with van der Waals surface area (Å²) in [5.41, 5.74) is 1.92. The van der Waals surface area contributed by atoms with Crippen LogP contribution >= 0.6 is 0 Å². The molecule has 0 saturated carbocycles. The Labute approximate surface area is 111 Å². The minimum atomic E-state index is 0.625. The number of likely N-dealkylation sites (N-methyl/N-ethyl adjacent to an activating group) is 1. The van der Waals surface area contributed by atoms with Gasteiger partial charge in [0.25, 0.3) is 0 Å². The Bertz CT molecular complexity index is 576. The van der Waals surface area contributed by atoms with Gasteiger partial charge < -0.3 is 14.7 Å². The van der Waals surface area contributed by atoms with E-state index in [0.717, 1.165) is 36.1 Å². The Kier molecular flexibility index (Phi) is 3.18. The third kappa shape index (κ3) is 2.59. The number of aromatic nitrogens is 1. The second-order valence-electron chi connectivity index (χ2n) is 4.53. The lowest BCUT2D eigenvalue weighted by molar-refractivity contribution is 0.421. The predicted octanol–water partition coefficient (Wildman–Crippen LogP) is 1.73. The Morgan fingerprint density at radius 1 is 1.32 bits per heavy atom. The van der Waals surface area contributed by atoms with E-state index in [1.807, 2.05) is 43.4 Å². The van der Waals surface area contributed by atoms with Crippen LogP contribution in [0.3, 0.4) is 0 Å². The number of aliphatic imine (C=N–C) groups is 1. The number of benzene rings is 1. The van der Waals surface area contributed by atoms with Gasteiger partial charge in [0.15, 0.2) is 11.7 Å². The summed E-state index contributed by atoms with van der Waals surface area (Å²) in [4.78, 5) is 6.47. The molecular weight excluding hydrogens is 240 g/mol. The number of hydrogen-bond donors (Lipinski definition) is 1. The quantitative estimate of drug-likeness (QED) is 0.908. The average molecular weight is 256 g/mol. The molecular formula is C14H16N4O. The summed E-state index contributed by atoms with van der Waals surface area (Å²) < 4.78 is 5.35. The van der Waals surface area contributed by atoms with Gasteiger partial charge in [-0.25, -0.2) is 0 Å². The maximum absolute atomic E-state index is 5.35. The average Bonchev–Trinajstić information content (AvgIpc) is 3.06. The summed E-state index contributed by atoms with van der Waals surface area (Å²) >= 11 is 0. The Hall–Kier alpha value is -2.30. The fourth-order valence-corrected chi connectivity index (χ4v) is 2.03. The largest absolute Gasteiger partial charge is 0.356 e. The van der Waals surface area contributed by atoms with E-state index in [1.54, 1.807) is 0 Å². The molecule has 1 aliphatic heterocycles. The van der Waals surface area contributed by atoms with Gasteiger partial charge in [-0.1, -0.05) is 35.5 Å². The second-order valence-corrected chi connectivity index (χ2v) is 4.53. The molecule has 0 atom stereocenters. The first-order valence-corrected chi connectivity index (χ1v) is 6.33. The zero-order valence-electron chi connectivity index (χ0n) is 10.8. The van der Waals surface area contributed by atoms with Crippen LogP contribution in [0.2, 0.25) is 0 Å². The van der Waals surface area contributed by atoms with Gasteiger partial charge in [0.05, 0.1) is 13.1 Å². The number of nitrogens with zero attached hydrogens (tertiary/aromatic N) is 3. The number of guanidine groups is 1. The van der Waals surface area contributed by atoms with E-state index < -0.39 is 0 Å². The Morgan fingerprint density at radius 3 is 2.89 bits per heavy atom. The number of hydrogen-bond acceptors (Lipinski definition) is 5. The highest BCUT2D eigenvalue weighted by Crippen LogP contribution is 2.19. The van der Waals surface area contributed by atoms with Gasteiger partial charge in [0.2, 0.25) is 0 Å². The summed E-state index contributed by atoms with van der Waals surface area (Å²) in [6.07, 6.45) is 0. The van der Waals surface area contributed by atoms with Crippen molar-refractivity contribution in [1.29, 1.82) is 0 Å². The molecule has 2 heterocycles. The van der Waals surface area contributed by atoms with E-state index in [1.165, 1.54) is 0 Å². The standard InChI is InChI=1S/C14H16N4O/c1-18-8-7-15-14(18)16-10-12-9-13(19-17-12)11-5-3-2-4-6-11/h2-6,9H,7-8,10H2,1H3,(H,15,16). The SMILES string of the molecule is CN1CCN=C1NCc1cc(-c2ccccc2)on1. The monoisotopic (exact) mass is 256 g/mol. The predicted molar refractivity (Wildman–Crippen MR) is 73.7 cm³/mol. The highest BCUT2D eigenvalue weighted by Gasteiger charge is 2.12. The molecule has 1 N–H and O–H groups in total. The topological polar surface area (TPSA) is 53.7 Å². The van der Waals surface area contributed by atoms with Crippen LogP contribution in [0.15, 0.2) is 45.9 Å². The van der Waals surface area contributed by atoms with Crippen LogP contribution in [0.25, 0.3) is 11.3 Å². The summed E-state index contributed by atoms with van der Waals surface area (Å²) in [7, 11) is 2.02. The second kappa shape index (κ2) is 5.14. The normalized spacial score (nSPS) is 14.6. The van der Waals surface area contributed by atoms with Crippen LogP contribution < -0.4 is 5.32 Å². The molecule has 19 heavy (non-hydrogen) atoms. The molecule has 1 aromatic heterocycles. The molecule has 1 aliphatic rings. The van der Waals surface area contributed by atoms with Gasteiger partial charge in [0, 0.05) is 25.2 Å². The van der Waals surface area contributed by atoms with Crippen LogP contribution in [0, 0.1) is 0 Å². The Morgan fingerprint density at radius 2 is 2.16 bits per heavy atom. The molecule has 0 spiro atoms. The summed E-state index contributed by atoms with van der Waals surface area (Å²) in [5, 5.41) is 7.33. The fraction of sp³-hybridized carbons (Fsp3) is 0.286. The van der Waals surface area contributed by atoms with Crippen molar-refractivity contribution >= 4 is 5.96 Å². The van der Waals surface area contributed by atoms with Crippen LogP contribution in [0.5, 0.6) is 0 Å². The molecule has 0 unspecified atom stereocenters. The van der Waals surface area contributed by atoms with E-state index in [-0.39, 0.29) is 0 Å². The first-order chi connectivity index (χ1) is 9.33. The van der Waals surface area contributed by atoms with Gasteiger partial charge in [0.1, 0.15) is 5.69 Å². The molecule has 0 amide bonds. The van der Waals surface area contributed by atoms with Crippen LogP contribution in [0.4, 0.5) is 0 Å². The van der Waals surface area contributed by atoms with Crippen molar-refractivity contribution in [3.05, 3.63) is 42.1 Å². The van der Waals surface area contributed by atoms with Crippen molar-refractivity contribution in [2.45, 2.75) is 6.54 Å². The van der Waals surface area contributed by atoms with Crippen molar-refractivity contribution in [2.75, 3.05) is 20.1 Å². The molecule has 1 aromatic carbocycles. The minimum Gasteiger partial charge on any atom is -0.356 e. The highest BCUT2D eigenvalue weighted by molar-refractivity contribution is 5.81. The summed E-state index contributed by atoms with van der Waals surface area (Å²) in [5.74, 6) is 1.71. The van der Waals surface area contributed by atoms with Crippen molar-refractivity contribution < 1.29 is 4.52 Å². The fourth-order valence-electron chi connectivity index (χ4n) is 2.03. The van der Waals surface area contributed by atoms with E-state index in [2.05, 4.69) is 20.4 Å². The van der Waals surface area contributed by atoms with Gasteiger partial charge in [-0.2, -0.15) is 0 Å². The summed E-state index contributed by atoms with van der Waals surface area (Å²) in [6.45, 7) is 2.45. The zero-order chi connectivity index (χ0) is 13.1. The number of nitrogens with one attached hydrogen (secondary N) is 1. The molecule has 5 nitrogen and oxygen atoms in total. The maximum atomic E-state index is 5.35. The first kappa shape index (κ1) is 11.8.